The van der Waals surface area contributed by atoms with Gasteiger partial charge >= 0.3 is 0 Å². The number of benzene rings is 3. The van der Waals surface area contributed by atoms with Crippen molar-refractivity contribution in [1.29, 1.82) is 0 Å². The Hall–Kier alpha value is -4.26. The molecule has 0 radical (unpaired) electrons. The van der Waals surface area contributed by atoms with Crippen LogP contribution in [0, 0.1) is 12.8 Å². The topological polar surface area (TPSA) is 75.4 Å². The predicted molar refractivity (Wildman–Crippen MR) is 173 cm³/mol. The maximum atomic E-state index is 13.5. The number of unbranched alkanes of at least 4 members (excludes halogenated alkanes) is 1. The van der Waals surface area contributed by atoms with Crippen molar-refractivity contribution < 1.29 is 9.32 Å². The number of carbonyl (C=O) groups is 1. The Morgan fingerprint density at radius 2 is 1.74 bits per heavy atom. The van der Waals surface area contributed by atoms with Crippen molar-refractivity contribution in [2.45, 2.75) is 59.3 Å². The standard InChI is InChI=1S/C36H41N5O2/c1-4-6-10-27(5-2)36(42)41-20-9-19-40(21-22-41)34-32-33(30-18-17-28-11-7-8-12-29(28)24-30)39-43-35(32)38-31(37-34)23-26-15-13-25(3)14-16-26/h7-8,11-18,24,27H,4-6,9-10,19-23H2,1-3H3. The van der Waals surface area contributed by atoms with Crippen LogP contribution >= 0.6 is 0 Å². The van der Waals surface area contributed by atoms with E-state index in [1.54, 1.807) is 0 Å². The Morgan fingerprint density at radius 3 is 2.53 bits per heavy atom. The van der Waals surface area contributed by atoms with Crippen LogP contribution in [0.2, 0.25) is 0 Å². The van der Waals surface area contributed by atoms with Crippen molar-refractivity contribution in [3.05, 3.63) is 83.7 Å². The van der Waals surface area contributed by atoms with Gasteiger partial charge in [-0.1, -0.05) is 98.1 Å². The number of hydrogen-bond acceptors (Lipinski definition) is 6. The van der Waals surface area contributed by atoms with Crippen molar-refractivity contribution in [2.75, 3.05) is 31.1 Å². The van der Waals surface area contributed by atoms with E-state index in [2.05, 4.69) is 102 Å². The molecule has 222 valence electrons. The number of nitrogens with zero attached hydrogens (tertiary/aromatic N) is 5. The number of rotatable bonds is 9. The summed E-state index contributed by atoms with van der Waals surface area (Å²) in [5, 5.41) is 7.70. The van der Waals surface area contributed by atoms with Gasteiger partial charge in [0.05, 0.1) is 0 Å². The van der Waals surface area contributed by atoms with Crippen LogP contribution in [0.1, 0.15) is 62.9 Å². The summed E-state index contributed by atoms with van der Waals surface area (Å²) in [4.78, 5) is 27.9. The second-order valence-corrected chi connectivity index (χ2v) is 11.8. The first-order valence-electron chi connectivity index (χ1n) is 15.8. The van der Waals surface area contributed by atoms with Crippen LogP contribution < -0.4 is 4.90 Å². The third-order valence-corrected chi connectivity index (χ3v) is 8.72. The van der Waals surface area contributed by atoms with E-state index in [4.69, 9.17) is 14.5 Å². The highest BCUT2D eigenvalue weighted by Crippen LogP contribution is 2.36. The molecule has 43 heavy (non-hydrogen) atoms. The van der Waals surface area contributed by atoms with E-state index in [1.165, 1.54) is 10.9 Å². The Kier molecular flexibility index (Phi) is 8.68. The van der Waals surface area contributed by atoms with Crippen molar-refractivity contribution in [1.82, 2.24) is 20.0 Å². The van der Waals surface area contributed by atoms with Crippen LogP contribution in [0.3, 0.4) is 0 Å². The van der Waals surface area contributed by atoms with E-state index in [0.717, 1.165) is 78.6 Å². The van der Waals surface area contributed by atoms with E-state index in [1.807, 2.05) is 0 Å². The summed E-state index contributed by atoms with van der Waals surface area (Å²) in [6.45, 7) is 9.36. The zero-order valence-corrected chi connectivity index (χ0v) is 25.6. The Balaban J connectivity index is 1.37. The molecule has 5 aromatic rings. The minimum Gasteiger partial charge on any atom is -0.354 e. The molecule has 1 aliphatic rings. The summed E-state index contributed by atoms with van der Waals surface area (Å²) in [5.41, 5.74) is 4.59. The fraction of sp³-hybridized carbons (Fsp3) is 0.389. The van der Waals surface area contributed by atoms with Crippen LogP contribution in [0.15, 0.2) is 71.3 Å². The minimum atomic E-state index is 0.107. The molecule has 0 aliphatic carbocycles. The SMILES string of the molecule is CCCCC(CC)C(=O)N1CCCN(c2nc(Cc3ccc(C)cc3)nc3onc(-c4ccc5ccccc5c4)c23)CC1. The molecular weight excluding hydrogens is 534 g/mol. The average molecular weight is 576 g/mol. The number of anilines is 1. The van der Waals surface area contributed by atoms with Gasteiger partial charge in [-0.25, -0.2) is 4.98 Å². The largest absolute Gasteiger partial charge is 0.354 e. The van der Waals surface area contributed by atoms with Crippen LogP contribution in [0.4, 0.5) is 5.82 Å². The summed E-state index contributed by atoms with van der Waals surface area (Å²) < 4.78 is 5.93. The number of amides is 1. The maximum absolute atomic E-state index is 13.5. The lowest BCUT2D eigenvalue weighted by atomic mass is 9.97. The third-order valence-electron chi connectivity index (χ3n) is 8.72. The summed E-state index contributed by atoms with van der Waals surface area (Å²) in [7, 11) is 0. The van der Waals surface area contributed by atoms with Gasteiger partial charge in [-0.05, 0) is 48.6 Å². The van der Waals surface area contributed by atoms with E-state index in [-0.39, 0.29) is 5.92 Å². The highest BCUT2D eigenvalue weighted by Gasteiger charge is 2.28. The number of aromatic nitrogens is 3. The maximum Gasteiger partial charge on any atom is 0.263 e. The second-order valence-electron chi connectivity index (χ2n) is 11.8. The molecule has 0 saturated carbocycles. The molecule has 7 nitrogen and oxygen atoms in total. The van der Waals surface area contributed by atoms with Crippen molar-refractivity contribution >= 4 is 33.6 Å². The normalized spacial score (nSPS) is 14.8. The van der Waals surface area contributed by atoms with E-state index < -0.39 is 0 Å². The minimum absolute atomic E-state index is 0.107. The second kappa shape index (κ2) is 12.9. The van der Waals surface area contributed by atoms with E-state index >= 15 is 0 Å². The monoisotopic (exact) mass is 575 g/mol. The van der Waals surface area contributed by atoms with Crippen molar-refractivity contribution in [3.8, 4) is 11.3 Å². The molecule has 7 heteroatoms. The third kappa shape index (κ3) is 6.26. The lowest BCUT2D eigenvalue weighted by Gasteiger charge is -2.26. The zero-order valence-electron chi connectivity index (χ0n) is 25.6. The highest BCUT2D eigenvalue weighted by atomic mass is 16.5. The van der Waals surface area contributed by atoms with Gasteiger partial charge in [0.2, 0.25) is 5.91 Å². The molecule has 3 aromatic carbocycles. The molecule has 2 aromatic heterocycles. The number of aryl methyl sites for hydroxylation is 1. The summed E-state index contributed by atoms with van der Waals surface area (Å²) >= 11 is 0. The van der Waals surface area contributed by atoms with E-state index in [9.17, 15) is 4.79 Å². The van der Waals surface area contributed by atoms with Gasteiger partial charge in [-0.15, -0.1) is 0 Å². The fourth-order valence-electron chi connectivity index (χ4n) is 6.17. The molecule has 0 bridgehead atoms. The Morgan fingerprint density at radius 1 is 0.930 bits per heavy atom. The molecule has 6 rings (SSSR count). The molecular formula is C36H41N5O2. The average Bonchev–Trinajstić information content (AvgIpc) is 3.30. The first-order valence-corrected chi connectivity index (χ1v) is 15.8. The van der Waals surface area contributed by atoms with Crippen molar-refractivity contribution in [3.63, 3.8) is 0 Å². The van der Waals surface area contributed by atoms with Crippen LogP contribution in [0.5, 0.6) is 0 Å². The lowest BCUT2D eigenvalue weighted by molar-refractivity contribution is -0.135. The summed E-state index contributed by atoms with van der Waals surface area (Å²) in [6.07, 6.45) is 5.55. The Labute approximate surface area is 253 Å². The molecule has 1 saturated heterocycles. The van der Waals surface area contributed by atoms with Crippen LogP contribution in [-0.4, -0.2) is 52.1 Å². The Bertz CT molecular complexity index is 1710. The van der Waals surface area contributed by atoms with Gasteiger partial charge in [-0.3, -0.25) is 4.79 Å². The quantitative estimate of drug-likeness (QED) is 0.180. The highest BCUT2D eigenvalue weighted by molar-refractivity contribution is 6.00. The van der Waals surface area contributed by atoms with Gasteiger partial charge in [0.15, 0.2) is 0 Å². The molecule has 1 unspecified atom stereocenters. The van der Waals surface area contributed by atoms with Gasteiger partial charge < -0.3 is 14.3 Å². The molecule has 0 N–H and O–H groups in total. The summed E-state index contributed by atoms with van der Waals surface area (Å²) in [6, 6.07) is 23.2. The van der Waals surface area contributed by atoms with Crippen molar-refractivity contribution in [2.24, 2.45) is 5.92 Å². The van der Waals surface area contributed by atoms with Gasteiger partial charge in [0.1, 0.15) is 22.7 Å². The smallest absolute Gasteiger partial charge is 0.263 e. The molecule has 0 spiro atoms. The zero-order chi connectivity index (χ0) is 29.8. The fourth-order valence-corrected chi connectivity index (χ4v) is 6.17. The first-order chi connectivity index (χ1) is 21.0. The molecule has 1 fully saturated rings. The molecule has 1 atom stereocenters. The van der Waals surface area contributed by atoms with Crippen LogP contribution in [0.25, 0.3) is 33.1 Å². The summed E-state index contributed by atoms with van der Waals surface area (Å²) in [5.74, 6) is 1.95. The van der Waals surface area contributed by atoms with Crippen LogP contribution in [-0.2, 0) is 11.2 Å². The number of hydrogen-bond donors (Lipinski definition) is 0. The molecule has 1 amide bonds. The van der Waals surface area contributed by atoms with Gasteiger partial charge in [0.25, 0.3) is 5.71 Å². The number of carbonyl (C=O) groups excluding carboxylic acids is 1. The van der Waals surface area contributed by atoms with E-state index in [0.29, 0.717) is 37.0 Å². The number of fused-ring (bicyclic) bond motifs is 2. The molecule has 1 aliphatic heterocycles. The predicted octanol–water partition coefficient (Wildman–Crippen LogP) is 7.59. The van der Waals surface area contributed by atoms with Gasteiger partial charge in [0, 0.05) is 44.1 Å². The first kappa shape index (κ1) is 28.8. The lowest BCUT2D eigenvalue weighted by Crippen LogP contribution is -2.39. The molecule has 3 heterocycles. The van der Waals surface area contributed by atoms with Gasteiger partial charge in [-0.2, -0.15) is 4.98 Å².